The number of hydrogen-bond acceptors (Lipinski definition) is 3. The van der Waals surface area contributed by atoms with Crippen LogP contribution < -0.4 is 0 Å². The molecule has 0 N–H and O–H groups in total. The van der Waals surface area contributed by atoms with Crippen LogP contribution in [0.1, 0.15) is 44.1 Å². The maximum Gasteiger partial charge on any atom is 0.315 e. The van der Waals surface area contributed by atoms with Gasteiger partial charge in [0.05, 0.1) is 5.92 Å². The van der Waals surface area contributed by atoms with Crippen LogP contribution in [0.25, 0.3) is 0 Å². The number of hydrogen-bond donors (Lipinski definition) is 0. The zero-order valence-corrected chi connectivity index (χ0v) is 13.2. The standard InChI is InChI=1S/C19H25NO2/c21-19(22-18-11-5-2-6-12-18)17-10-7-13-20(15-17)14-16-8-3-1-4-9-16/h1,3-4,8-9,11,17H,2,5-7,10,12-15H2. The van der Waals surface area contributed by atoms with Gasteiger partial charge in [-0.3, -0.25) is 9.69 Å². The first-order valence-electron chi connectivity index (χ1n) is 8.48. The highest BCUT2D eigenvalue weighted by Crippen LogP contribution is 2.24. The molecule has 0 saturated carbocycles. The molecule has 1 heterocycles. The van der Waals surface area contributed by atoms with Crippen molar-refractivity contribution in [2.45, 2.75) is 45.1 Å². The van der Waals surface area contributed by atoms with E-state index in [2.05, 4.69) is 35.2 Å². The average Bonchev–Trinajstić information content (AvgIpc) is 2.57. The predicted octanol–water partition coefficient (Wildman–Crippen LogP) is 3.90. The number of allylic oxidation sites excluding steroid dienone is 2. The second-order valence-corrected chi connectivity index (χ2v) is 6.40. The third-order valence-electron chi connectivity index (χ3n) is 4.57. The van der Waals surface area contributed by atoms with Gasteiger partial charge < -0.3 is 4.74 Å². The lowest BCUT2D eigenvalue weighted by Crippen LogP contribution is -2.38. The Bertz CT molecular complexity index is 523. The second-order valence-electron chi connectivity index (χ2n) is 6.40. The Morgan fingerprint density at radius 1 is 1.18 bits per heavy atom. The number of esters is 1. The highest BCUT2D eigenvalue weighted by molar-refractivity contribution is 5.74. The number of ether oxygens (including phenoxy) is 1. The van der Waals surface area contributed by atoms with Crippen LogP contribution in [0.2, 0.25) is 0 Å². The molecule has 1 saturated heterocycles. The summed E-state index contributed by atoms with van der Waals surface area (Å²) in [6.07, 6.45) is 8.45. The van der Waals surface area contributed by atoms with E-state index in [0.717, 1.165) is 57.5 Å². The maximum atomic E-state index is 12.4. The molecule has 1 unspecified atom stereocenters. The van der Waals surface area contributed by atoms with Gasteiger partial charge in [0, 0.05) is 19.5 Å². The second kappa shape index (κ2) is 7.59. The first-order chi connectivity index (χ1) is 10.8. The van der Waals surface area contributed by atoms with Crippen LogP contribution in [0.15, 0.2) is 42.2 Å². The van der Waals surface area contributed by atoms with Crippen molar-refractivity contribution in [1.82, 2.24) is 4.90 Å². The highest BCUT2D eigenvalue weighted by atomic mass is 16.5. The van der Waals surface area contributed by atoms with Crippen LogP contribution in [-0.2, 0) is 16.1 Å². The van der Waals surface area contributed by atoms with Crippen molar-refractivity contribution < 1.29 is 9.53 Å². The molecule has 1 atom stereocenters. The SMILES string of the molecule is O=C(OC1=CCCCC1)C1CCCN(Cc2ccccc2)C1. The first kappa shape index (κ1) is 15.3. The van der Waals surface area contributed by atoms with Crippen molar-refractivity contribution in [3.8, 4) is 0 Å². The van der Waals surface area contributed by atoms with Gasteiger partial charge in [-0.15, -0.1) is 0 Å². The van der Waals surface area contributed by atoms with Gasteiger partial charge in [-0.2, -0.15) is 0 Å². The fourth-order valence-corrected chi connectivity index (χ4v) is 3.35. The van der Waals surface area contributed by atoms with E-state index in [9.17, 15) is 4.79 Å². The minimum atomic E-state index is -0.0223. The van der Waals surface area contributed by atoms with Crippen LogP contribution in [0.3, 0.4) is 0 Å². The van der Waals surface area contributed by atoms with E-state index >= 15 is 0 Å². The topological polar surface area (TPSA) is 29.5 Å². The number of likely N-dealkylation sites (tertiary alicyclic amines) is 1. The van der Waals surface area contributed by atoms with E-state index in [1.807, 2.05) is 6.07 Å². The Kier molecular flexibility index (Phi) is 5.28. The third-order valence-corrected chi connectivity index (χ3v) is 4.57. The third kappa shape index (κ3) is 4.20. The Morgan fingerprint density at radius 2 is 2.05 bits per heavy atom. The van der Waals surface area contributed by atoms with Gasteiger partial charge in [-0.1, -0.05) is 30.3 Å². The van der Waals surface area contributed by atoms with Crippen LogP contribution in [0.4, 0.5) is 0 Å². The molecule has 1 fully saturated rings. The zero-order valence-electron chi connectivity index (χ0n) is 13.2. The smallest absolute Gasteiger partial charge is 0.315 e. The Labute approximate surface area is 133 Å². The molecule has 1 aliphatic heterocycles. The average molecular weight is 299 g/mol. The number of carbonyl (C=O) groups excluding carboxylic acids is 1. The molecular weight excluding hydrogens is 274 g/mol. The van der Waals surface area contributed by atoms with Crippen molar-refractivity contribution in [2.75, 3.05) is 13.1 Å². The summed E-state index contributed by atoms with van der Waals surface area (Å²) in [5.74, 6) is 0.905. The van der Waals surface area contributed by atoms with E-state index in [0.29, 0.717) is 0 Å². The van der Waals surface area contributed by atoms with Gasteiger partial charge in [-0.05, 0) is 50.3 Å². The summed E-state index contributed by atoms with van der Waals surface area (Å²) in [6.45, 7) is 2.82. The van der Waals surface area contributed by atoms with Crippen molar-refractivity contribution >= 4 is 5.97 Å². The summed E-state index contributed by atoms with van der Waals surface area (Å²) < 4.78 is 5.62. The molecule has 0 radical (unpaired) electrons. The summed E-state index contributed by atoms with van der Waals surface area (Å²) in [5, 5.41) is 0. The molecule has 3 heteroatoms. The van der Waals surface area contributed by atoms with Crippen LogP contribution in [-0.4, -0.2) is 24.0 Å². The predicted molar refractivity (Wildman–Crippen MR) is 87.1 cm³/mol. The molecule has 118 valence electrons. The highest BCUT2D eigenvalue weighted by Gasteiger charge is 2.27. The van der Waals surface area contributed by atoms with Gasteiger partial charge in [0.15, 0.2) is 0 Å². The zero-order chi connectivity index (χ0) is 15.2. The number of carbonyl (C=O) groups is 1. The van der Waals surface area contributed by atoms with Crippen molar-refractivity contribution in [3.63, 3.8) is 0 Å². The normalized spacial score (nSPS) is 22.9. The Hall–Kier alpha value is -1.61. The molecule has 1 aliphatic carbocycles. The summed E-state index contributed by atoms with van der Waals surface area (Å²) in [4.78, 5) is 14.7. The number of rotatable bonds is 4. The van der Waals surface area contributed by atoms with Crippen molar-refractivity contribution in [3.05, 3.63) is 47.7 Å². The minimum absolute atomic E-state index is 0.0223. The van der Waals surface area contributed by atoms with E-state index in [4.69, 9.17) is 4.74 Å². The molecule has 1 aromatic carbocycles. The lowest BCUT2D eigenvalue weighted by Gasteiger charge is -2.31. The van der Waals surface area contributed by atoms with E-state index in [1.54, 1.807) is 0 Å². The summed E-state index contributed by atoms with van der Waals surface area (Å²) in [7, 11) is 0. The largest absolute Gasteiger partial charge is 0.431 e. The minimum Gasteiger partial charge on any atom is -0.431 e. The number of nitrogens with zero attached hydrogens (tertiary/aromatic N) is 1. The van der Waals surface area contributed by atoms with Crippen LogP contribution in [0.5, 0.6) is 0 Å². The molecular formula is C19H25NO2. The lowest BCUT2D eigenvalue weighted by atomic mass is 9.97. The number of benzene rings is 1. The van der Waals surface area contributed by atoms with E-state index < -0.39 is 0 Å². The van der Waals surface area contributed by atoms with Gasteiger partial charge in [-0.25, -0.2) is 0 Å². The van der Waals surface area contributed by atoms with Crippen LogP contribution in [0, 0.1) is 5.92 Å². The van der Waals surface area contributed by atoms with E-state index in [-0.39, 0.29) is 11.9 Å². The fourth-order valence-electron chi connectivity index (χ4n) is 3.35. The van der Waals surface area contributed by atoms with Gasteiger partial charge in [0.25, 0.3) is 0 Å². The molecule has 0 bridgehead atoms. The van der Waals surface area contributed by atoms with Crippen molar-refractivity contribution in [2.24, 2.45) is 5.92 Å². The molecule has 3 nitrogen and oxygen atoms in total. The molecule has 0 spiro atoms. The molecule has 2 aliphatic rings. The number of piperidine rings is 1. The Morgan fingerprint density at radius 3 is 2.82 bits per heavy atom. The quantitative estimate of drug-likeness (QED) is 0.790. The first-order valence-corrected chi connectivity index (χ1v) is 8.48. The molecule has 3 rings (SSSR count). The molecule has 0 aromatic heterocycles. The molecule has 1 aromatic rings. The Balaban J connectivity index is 1.53. The summed E-state index contributed by atoms with van der Waals surface area (Å²) >= 11 is 0. The molecule has 0 amide bonds. The maximum absolute atomic E-state index is 12.4. The van der Waals surface area contributed by atoms with E-state index in [1.165, 1.54) is 12.0 Å². The molecule has 22 heavy (non-hydrogen) atoms. The monoisotopic (exact) mass is 299 g/mol. The van der Waals surface area contributed by atoms with Gasteiger partial charge in [0.2, 0.25) is 0 Å². The lowest BCUT2D eigenvalue weighted by molar-refractivity contribution is -0.146. The van der Waals surface area contributed by atoms with Crippen LogP contribution >= 0.6 is 0 Å². The van der Waals surface area contributed by atoms with Crippen molar-refractivity contribution in [1.29, 1.82) is 0 Å². The summed E-state index contributed by atoms with van der Waals surface area (Å²) in [6, 6.07) is 10.5. The van der Waals surface area contributed by atoms with Gasteiger partial charge in [0.1, 0.15) is 5.76 Å². The fraction of sp³-hybridized carbons (Fsp3) is 0.526. The summed E-state index contributed by atoms with van der Waals surface area (Å²) in [5.41, 5.74) is 1.31. The van der Waals surface area contributed by atoms with Gasteiger partial charge >= 0.3 is 5.97 Å².